The summed E-state index contributed by atoms with van der Waals surface area (Å²) in [5, 5.41) is 0. The first-order chi connectivity index (χ1) is 14.1. The van der Waals surface area contributed by atoms with E-state index in [9.17, 15) is 4.79 Å². The Balaban J connectivity index is 1.51. The van der Waals surface area contributed by atoms with Crippen LogP contribution in [-0.2, 0) is 19.5 Å². The van der Waals surface area contributed by atoms with E-state index in [1.54, 1.807) is 0 Å². The minimum Gasteiger partial charge on any atom is -0.460 e. The number of nitrogens with zero attached hydrogens (tertiary/aromatic N) is 2. The van der Waals surface area contributed by atoms with Crippen molar-refractivity contribution in [3.05, 3.63) is 94.4 Å². The molecule has 0 N–H and O–H groups in total. The predicted molar refractivity (Wildman–Crippen MR) is 114 cm³/mol. The van der Waals surface area contributed by atoms with Gasteiger partial charge in [-0.15, -0.1) is 0 Å². The van der Waals surface area contributed by atoms with Gasteiger partial charge in [0.15, 0.2) is 5.58 Å². The van der Waals surface area contributed by atoms with Gasteiger partial charge in [0.25, 0.3) is 5.91 Å². The standard InChI is InChI=1S/C25H24N2O2/c1-17-7-9-19(10-8-17)15-27-22-13-18(2)29-24(22)14-23(27)25(28)26-12-11-20-5-3-4-6-21(20)16-26/h3-10,13-14H,11-12,15-16H2,1-2H3. The molecule has 0 fully saturated rings. The van der Waals surface area contributed by atoms with E-state index in [1.165, 1.54) is 22.3 Å². The van der Waals surface area contributed by atoms with E-state index in [-0.39, 0.29) is 5.91 Å². The maximum absolute atomic E-state index is 13.5. The van der Waals surface area contributed by atoms with Gasteiger partial charge in [0, 0.05) is 31.8 Å². The average molecular weight is 384 g/mol. The van der Waals surface area contributed by atoms with Crippen LogP contribution in [0.2, 0.25) is 0 Å². The molecular formula is C25H24N2O2. The quantitative estimate of drug-likeness (QED) is 0.493. The monoisotopic (exact) mass is 384 g/mol. The summed E-state index contributed by atoms with van der Waals surface area (Å²) >= 11 is 0. The summed E-state index contributed by atoms with van der Waals surface area (Å²) < 4.78 is 7.94. The van der Waals surface area contributed by atoms with Crippen molar-refractivity contribution in [3.63, 3.8) is 0 Å². The van der Waals surface area contributed by atoms with Crippen LogP contribution in [0.1, 0.15) is 38.5 Å². The number of rotatable bonds is 3. The zero-order chi connectivity index (χ0) is 20.0. The molecule has 3 heterocycles. The highest BCUT2D eigenvalue weighted by Crippen LogP contribution is 2.27. The molecule has 4 nitrogen and oxygen atoms in total. The summed E-state index contributed by atoms with van der Waals surface area (Å²) in [4.78, 5) is 15.4. The van der Waals surface area contributed by atoms with Gasteiger partial charge in [-0.05, 0) is 37.0 Å². The highest BCUT2D eigenvalue weighted by atomic mass is 16.3. The lowest BCUT2D eigenvalue weighted by Gasteiger charge is -2.29. The molecule has 4 aromatic rings. The molecule has 0 saturated heterocycles. The number of aryl methyl sites for hydroxylation is 2. The third-order valence-corrected chi connectivity index (χ3v) is 5.81. The molecule has 0 spiro atoms. The minimum absolute atomic E-state index is 0.0654. The van der Waals surface area contributed by atoms with Gasteiger partial charge < -0.3 is 13.9 Å². The molecule has 0 saturated carbocycles. The lowest BCUT2D eigenvalue weighted by atomic mass is 10.00. The number of carbonyl (C=O) groups excluding carboxylic acids is 1. The Morgan fingerprint density at radius 1 is 1.00 bits per heavy atom. The molecule has 1 aliphatic heterocycles. The first-order valence-electron chi connectivity index (χ1n) is 10.1. The third kappa shape index (κ3) is 3.25. The second kappa shape index (κ2) is 6.96. The average Bonchev–Trinajstić information content (AvgIpc) is 3.25. The summed E-state index contributed by atoms with van der Waals surface area (Å²) in [5.41, 5.74) is 7.43. The fourth-order valence-corrected chi connectivity index (χ4v) is 4.22. The fraction of sp³-hybridized carbons (Fsp3) is 0.240. The minimum atomic E-state index is 0.0654. The normalized spacial score (nSPS) is 13.7. The molecule has 2 aromatic heterocycles. The van der Waals surface area contributed by atoms with Crippen molar-refractivity contribution in [3.8, 4) is 0 Å². The molecule has 146 valence electrons. The summed E-state index contributed by atoms with van der Waals surface area (Å²) in [7, 11) is 0. The number of amides is 1. The summed E-state index contributed by atoms with van der Waals surface area (Å²) in [6.45, 7) is 6.07. The third-order valence-electron chi connectivity index (χ3n) is 5.81. The van der Waals surface area contributed by atoms with Crippen LogP contribution in [0, 0.1) is 13.8 Å². The van der Waals surface area contributed by atoms with Crippen molar-refractivity contribution in [1.82, 2.24) is 9.47 Å². The number of fused-ring (bicyclic) bond motifs is 2. The highest BCUT2D eigenvalue weighted by molar-refractivity contribution is 5.97. The van der Waals surface area contributed by atoms with Gasteiger partial charge in [-0.1, -0.05) is 54.1 Å². The second-order valence-corrected chi connectivity index (χ2v) is 7.95. The van der Waals surface area contributed by atoms with E-state index >= 15 is 0 Å². The Kier molecular flexibility index (Phi) is 4.27. The Labute approximate surface area is 170 Å². The summed E-state index contributed by atoms with van der Waals surface area (Å²) in [6, 6.07) is 20.8. The molecular weight excluding hydrogens is 360 g/mol. The van der Waals surface area contributed by atoms with Gasteiger partial charge in [0.2, 0.25) is 0 Å². The molecule has 0 aliphatic carbocycles. The maximum atomic E-state index is 13.5. The number of furan rings is 1. The molecule has 5 rings (SSSR count). The Morgan fingerprint density at radius 2 is 1.76 bits per heavy atom. The molecule has 29 heavy (non-hydrogen) atoms. The molecule has 4 heteroatoms. The number of carbonyl (C=O) groups is 1. The Hall–Kier alpha value is -3.27. The van der Waals surface area contributed by atoms with Crippen molar-refractivity contribution >= 4 is 17.0 Å². The number of benzene rings is 2. The van der Waals surface area contributed by atoms with Crippen molar-refractivity contribution in [2.75, 3.05) is 6.54 Å². The smallest absolute Gasteiger partial charge is 0.270 e. The van der Waals surface area contributed by atoms with E-state index < -0.39 is 0 Å². The van der Waals surface area contributed by atoms with Gasteiger partial charge in [-0.2, -0.15) is 0 Å². The molecule has 2 aromatic carbocycles. The molecule has 1 aliphatic rings. The SMILES string of the molecule is Cc1ccc(Cn2c(C(=O)N3CCc4ccccc4C3)cc3oc(C)cc32)cc1. The van der Waals surface area contributed by atoms with Gasteiger partial charge in [0.05, 0.1) is 5.52 Å². The topological polar surface area (TPSA) is 38.4 Å². The van der Waals surface area contributed by atoms with E-state index in [0.717, 1.165) is 29.8 Å². The molecule has 0 atom stereocenters. The molecule has 0 bridgehead atoms. The van der Waals surface area contributed by atoms with Gasteiger partial charge in [-0.3, -0.25) is 4.79 Å². The fourth-order valence-electron chi connectivity index (χ4n) is 4.22. The van der Waals surface area contributed by atoms with Crippen LogP contribution < -0.4 is 0 Å². The van der Waals surface area contributed by atoms with Crippen LogP contribution in [0.25, 0.3) is 11.1 Å². The van der Waals surface area contributed by atoms with Crippen LogP contribution in [0.3, 0.4) is 0 Å². The van der Waals surface area contributed by atoms with Crippen molar-refractivity contribution in [2.24, 2.45) is 0 Å². The van der Waals surface area contributed by atoms with Crippen LogP contribution in [-0.4, -0.2) is 21.9 Å². The number of hydrogen-bond acceptors (Lipinski definition) is 2. The largest absolute Gasteiger partial charge is 0.460 e. The van der Waals surface area contributed by atoms with Crippen LogP contribution in [0.4, 0.5) is 0 Å². The van der Waals surface area contributed by atoms with E-state index in [2.05, 4.69) is 54.0 Å². The molecule has 1 amide bonds. The number of hydrogen-bond donors (Lipinski definition) is 0. The highest BCUT2D eigenvalue weighted by Gasteiger charge is 2.26. The lowest BCUT2D eigenvalue weighted by Crippen LogP contribution is -2.37. The van der Waals surface area contributed by atoms with Gasteiger partial charge in [0.1, 0.15) is 11.5 Å². The van der Waals surface area contributed by atoms with E-state index in [1.807, 2.05) is 30.0 Å². The second-order valence-electron chi connectivity index (χ2n) is 7.95. The Bertz CT molecular complexity index is 1200. The van der Waals surface area contributed by atoms with Crippen molar-refractivity contribution in [1.29, 1.82) is 0 Å². The zero-order valence-corrected chi connectivity index (χ0v) is 16.8. The van der Waals surface area contributed by atoms with Crippen molar-refractivity contribution in [2.45, 2.75) is 33.4 Å². The number of aromatic nitrogens is 1. The zero-order valence-electron chi connectivity index (χ0n) is 16.8. The van der Waals surface area contributed by atoms with E-state index in [0.29, 0.717) is 18.8 Å². The first kappa shape index (κ1) is 17.8. The van der Waals surface area contributed by atoms with E-state index in [4.69, 9.17) is 4.42 Å². The van der Waals surface area contributed by atoms with Crippen LogP contribution in [0.5, 0.6) is 0 Å². The summed E-state index contributed by atoms with van der Waals surface area (Å²) in [5.74, 6) is 0.925. The van der Waals surface area contributed by atoms with Gasteiger partial charge in [-0.25, -0.2) is 0 Å². The van der Waals surface area contributed by atoms with Gasteiger partial charge >= 0.3 is 0 Å². The summed E-state index contributed by atoms with van der Waals surface area (Å²) in [6.07, 6.45) is 0.899. The lowest BCUT2D eigenvalue weighted by molar-refractivity contribution is 0.0724. The van der Waals surface area contributed by atoms with Crippen LogP contribution in [0.15, 0.2) is 65.1 Å². The first-order valence-corrected chi connectivity index (χ1v) is 10.1. The predicted octanol–water partition coefficient (Wildman–Crippen LogP) is 5.10. The maximum Gasteiger partial charge on any atom is 0.270 e. The molecule has 0 radical (unpaired) electrons. The van der Waals surface area contributed by atoms with Crippen LogP contribution >= 0.6 is 0 Å². The molecule has 0 unspecified atom stereocenters. The van der Waals surface area contributed by atoms with Crippen molar-refractivity contribution < 1.29 is 9.21 Å². The Morgan fingerprint density at radius 3 is 2.55 bits per heavy atom.